The number of hydrogen-bond donors (Lipinski definition) is 0. The summed E-state index contributed by atoms with van der Waals surface area (Å²) in [6.07, 6.45) is 3.05. The molecule has 4 nitrogen and oxygen atoms in total. The van der Waals surface area contributed by atoms with E-state index in [4.69, 9.17) is 0 Å². The summed E-state index contributed by atoms with van der Waals surface area (Å²) in [4.78, 5) is 24.8. The summed E-state index contributed by atoms with van der Waals surface area (Å²) in [6, 6.07) is 11.9. The van der Waals surface area contributed by atoms with E-state index in [1.165, 1.54) is 27.5 Å². The molecule has 3 aromatic rings. The zero-order chi connectivity index (χ0) is 17.3. The van der Waals surface area contributed by atoms with Gasteiger partial charge >= 0.3 is 11.1 Å². The highest BCUT2D eigenvalue weighted by molar-refractivity contribution is 5.40. The van der Waals surface area contributed by atoms with Crippen molar-refractivity contribution in [2.45, 2.75) is 20.4 Å². The predicted octanol–water partition coefficient (Wildman–Crippen LogP) is 2.80. The van der Waals surface area contributed by atoms with E-state index >= 15 is 0 Å². The van der Waals surface area contributed by atoms with Crippen molar-refractivity contribution in [3.05, 3.63) is 98.1 Å². The fourth-order valence-corrected chi connectivity index (χ4v) is 2.55. The van der Waals surface area contributed by atoms with E-state index in [9.17, 15) is 14.0 Å². The van der Waals surface area contributed by atoms with E-state index in [1.807, 2.05) is 31.2 Å². The van der Waals surface area contributed by atoms with Crippen LogP contribution in [-0.2, 0) is 6.54 Å². The number of hydrogen-bond acceptors (Lipinski definition) is 2. The van der Waals surface area contributed by atoms with Gasteiger partial charge in [-0.3, -0.25) is 14.2 Å². The second-order valence-corrected chi connectivity index (χ2v) is 5.82. The molecule has 0 saturated heterocycles. The Kier molecular flexibility index (Phi) is 4.16. The second-order valence-electron chi connectivity index (χ2n) is 5.82. The van der Waals surface area contributed by atoms with E-state index in [0.717, 1.165) is 11.1 Å². The zero-order valence-electron chi connectivity index (χ0n) is 13.5. The van der Waals surface area contributed by atoms with Gasteiger partial charge in [0.2, 0.25) is 0 Å². The highest BCUT2D eigenvalue weighted by Crippen LogP contribution is 2.13. The van der Waals surface area contributed by atoms with E-state index in [1.54, 1.807) is 19.2 Å². The van der Waals surface area contributed by atoms with Gasteiger partial charge in [-0.15, -0.1) is 0 Å². The summed E-state index contributed by atoms with van der Waals surface area (Å²) in [5.41, 5.74) is 1.82. The summed E-state index contributed by atoms with van der Waals surface area (Å²) >= 11 is 0. The Labute approximate surface area is 138 Å². The highest BCUT2D eigenvalue weighted by atomic mass is 19.1. The van der Waals surface area contributed by atoms with Gasteiger partial charge in [0.15, 0.2) is 0 Å². The van der Waals surface area contributed by atoms with Crippen molar-refractivity contribution in [3.8, 4) is 5.69 Å². The summed E-state index contributed by atoms with van der Waals surface area (Å²) in [5.74, 6) is -0.452. The van der Waals surface area contributed by atoms with Gasteiger partial charge in [-0.25, -0.2) is 4.39 Å². The summed E-state index contributed by atoms with van der Waals surface area (Å²) in [6.45, 7) is 4.06. The van der Waals surface area contributed by atoms with Gasteiger partial charge in [-0.1, -0.05) is 35.9 Å². The molecule has 0 radical (unpaired) electrons. The minimum absolute atomic E-state index is 0.317. The molecule has 2 aromatic carbocycles. The molecule has 0 N–H and O–H groups in total. The lowest BCUT2D eigenvalue weighted by Gasteiger charge is -2.11. The number of aromatic nitrogens is 2. The number of aryl methyl sites for hydroxylation is 2. The van der Waals surface area contributed by atoms with Crippen LogP contribution in [0.3, 0.4) is 0 Å². The molecule has 1 aromatic heterocycles. The Hall–Kier alpha value is -2.95. The molecule has 0 aliphatic rings. The quantitative estimate of drug-likeness (QED) is 0.695. The Morgan fingerprint density at radius 2 is 1.62 bits per heavy atom. The van der Waals surface area contributed by atoms with Crippen LogP contribution >= 0.6 is 0 Å². The van der Waals surface area contributed by atoms with Crippen LogP contribution in [0.25, 0.3) is 5.69 Å². The summed E-state index contributed by atoms with van der Waals surface area (Å²) in [7, 11) is 0. The highest BCUT2D eigenvalue weighted by Gasteiger charge is 2.10. The maximum atomic E-state index is 13.5. The van der Waals surface area contributed by atoms with Gasteiger partial charge in [0, 0.05) is 12.4 Å². The van der Waals surface area contributed by atoms with Crippen molar-refractivity contribution >= 4 is 0 Å². The molecule has 0 saturated carbocycles. The van der Waals surface area contributed by atoms with Gasteiger partial charge in [0.25, 0.3) is 0 Å². The molecule has 0 spiro atoms. The molecule has 0 aliphatic carbocycles. The first-order chi connectivity index (χ1) is 11.5. The van der Waals surface area contributed by atoms with Crippen LogP contribution in [0.4, 0.5) is 4.39 Å². The van der Waals surface area contributed by atoms with Crippen molar-refractivity contribution in [2.75, 3.05) is 0 Å². The zero-order valence-corrected chi connectivity index (χ0v) is 13.5. The molecular formula is C19H17FN2O2. The Morgan fingerprint density at radius 1 is 0.917 bits per heavy atom. The molecular weight excluding hydrogens is 307 g/mol. The largest absolute Gasteiger partial charge is 0.320 e. The Balaban J connectivity index is 2.03. The van der Waals surface area contributed by atoms with Gasteiger partial charge in [0.1, 0.15) is 5.82 Å². The molecule has 122 valence electrons. The Morgan fingerprint density at radius 3 is 2.33 bits per heavy atom. The molecule has 0 aliphatic heterocycles. The molecule has 0 bridgehead atoms. The maximum Gasteiger partial charge on any atom is 0.320 e. The minimum atomic E-state index is -0.696. The van der Waals surface area contributed by atoms with E-state index < -0.39 is 16.9 Å². The molecule has 3 rings (SSSR count). The lowest BCUT2D eigenvalue weighted by atomic mass is 10.1. The van der Waals surface area contributed by atoms with E-state index in [0.29, 0.717) is 17.8 Å². The second kappa shape index (κ2) is 6.28. The van der Waals surface area contributed by atoms with Gasteiger partial charge in [0.05, 0.1) is 12.2 Å². The molecule has 0 unspecified atom stereocenters. The first kappa shape index (κ1) is 15.9. The van der Waals surface area contributed by atoms with Crippen LogP contribution in [0.15, 0.2) is 64.4 Å². The van der Waals surface area contributed by atoms with E-state index in [2.05, 4.69) is 0 Å². The van der Waals surface area contributed by atoms with Crippen molar-refractivity contribution < 1.29 is 4.39 Å². The van der Waals surface area contributed by atoms with Crippen LogP contribution in [0.1, 0.15) is 16.7 Å². The van der Waals surface area contributed by atoms with Crippen molar-refractivity contribution in [1.29, 1.82) is 0 Å². The van der Waals surface area contributed by atoms with Crippen LogP contribution in [0.2, 0.25) is 0 Å². The maximum absolute atomic E-state index is 13.5. The monoisotopic (exact) mass is 324 g/mol. The van der Waals surface area contributed by atoms with Crippen molar-refractivity contribution in [1.82, 2.24) is 9.13 Å². The summed E-state index contributed by atoms with van der Waals surface area (Å²) in [5, 5.41) is 0. The molecule has 0 atom stereocenters. The first-order valence-corrected chi connectivity index (χ1v) is 7.60. The average molecular weight is 324 g/mol. The van der Waals surface area contributed by atoms with Crippen LogP contribution in [0, 0.1) is 19.7 Å². The molecule has 0 fully saturated rings. The number of nitrogens with zero attached hydrogens (tertiary/aromatic N) is 2. The molecule has 24 heavy (non-hydrogen) atoms. The van der Waals surface area contributed by atoms with Crippen LogP contribution < -0.4 is 11.1 Å². The third-order valence-electron chi connectivity index (χ3n) is 3.96. The fourth-order valence-electron chi connectivity index (χ4n) is 2.55. The minimum Gasteiger partial charge on any atom is -0.305 e. The molecule has 1 heterocycles. The smallest absolute Gasteiger partial charge is 0.305 e. The lowest BCUT2D eigenvalue weighted by Crippen LogP contribution is -2.40. The first-order valence-electron chi connectivity index (χ1n) is 7.60. The third-order valence-corrected chi connectivity index (χ3v) is 3.96. The number of rotatable bonds is 3. The van der Waals surface area contributed by atoms with Crippen LogP contribution in [-0.4, -0.2) is 9.13 Å². The van der Waals surface area contributed by atoms with Gasteiger partial charge in [-0.05, 0) is 37.1 Å². The van der Waals surface area contributed by atoms with Crippen LogP contribution in [0.5, 0.6) is 0 Å². The fraction of sp³-hybridized carbons (Fsp3) is 0.158. The SMILES string of the molecule is Cc1ccc(Cn2ccn(-c3cc(F)ccc3C)c(=O)c2=O)cc1. The number of halogens is 1. The predicted molar refractivity (Wildman–Crippen MR) is 91.3 cm³/mol. The van der Waals surface area contributed by atoms with Gasteiger partial charge < -0.3 is 4.57 Å². The third kappa shape index (κ3) is 3.06. The molecule has 5 heteroatoms. The molecule has 0 amide bonds. The van der Waals surface area contributed by atoms with Crippen molar-refractivity contribution in [3.63, 3.8) is 0 Å². The number of benzene rings is 2. The van der Waals surface area contributed by atoms with Crippen molar-refractivity contribution in [2.24, 2.45) is 0 Å². The Bertz CT molecular complexity index is 1000. The summed E-state index contributed by atoms with van der Waals surface area (Å²) < 4.78 is 16.0. The van der Waals surface area contributed by atoms with E-state index in [-0.39, 0.29) is 0 Å². The lowest BCUT2D eigenvalue weighted by molar-refractivity contribution is 0.625. The average Bonchev–Trinajstić information content (AvgIpc) is 2.57. The topological polar surface area (TPSA) is 44.0 Å². The normalized spacial score (nSPS) is 10.8. The standard InChI is InChI=1S/C19H17FN2O2/c1-13-3-6-15(7-4-13)12-21-9-10-22(19(24)18(21)23)17-11-16(20)8-5-14(17)2/h3-11H,12H2,1-2H3. The van der Waals surface area contributed by atoms with Gasteiger partial charge in [-0.2, -0.15) is 0 Å².